The van der Waals surface area contributed by atoms with E-state index in [9.17, 15) is 0 Å². The fourth-order valence-electron chi connectivity index (χ4n) is 2.45. The van der Waals surface area contributed by atoms with Gasteiger partial charge >= 0.3 is 0 Å². The maximum atomic E-state index is 5.47. The molecule has 5 nitrogen and oxygen atoms in total. The summed E-state index contributed by atoms with van der Waals surface area (Å²) < 4.78 is 11.9. The molecule has 2 heterocycles. The number of methoxy groups -OCH3 is 2. The fourth-order valence-corrected chi connectivity index (χ4v) is 2.83. The van der Waals surface area contributed by atoms with Crippen LogP contribution in [0.5, 0.6) is 0 Å². The maximum absolute atomic E-state index is 5.47. The third kappa shape index (κ3) is 3.25. The molecule has 0 aromatic carbocycles. The highest BCUT2D eigenvalue weighted by atomic mass is 79.9. The molecule has 106 valence electrons. The minimum atomic E-state index is 0.0953. The molecule has 2 unspecified atom stereocenters. The number of hydrogen-bond donors (Lipinski definition) is 1. The lowest BCUT2D eigenvalue weighted by molar-refractivity contribution is -0.00461. The van der Waals surface area contributed by atoms with E-state index in [2.05, 4.69) is 37.2 Å². The predicted molar refractivity (Wildman–Crippen MR) is 78.5 cm³/mol. The largest absolute Gasteiger partial charge is 0.377 e. The minimum Gasteiger partial charge on any atom is -0.377 e. The summed E-state index contributed by atoms with van der Waals surface area (Å²) in [6.07, 6.45) is 2.02. The van der Waals surface area contributed by atoms with Crippen LogP contribution in [-0.4, -0.2) is 51.5 Å². The number of ether oxygens (including phenoxy) is 2. The van der Waals surface area contributed by atoms with E-state index in [-0.39, 0.29) is 12.2 Å². The average molecular weight is 330 g/mol. The summed E-state index contributed by atoms with van der Waals surface area (Å²) in [6.45, 7) is 2.40. The van der Waals surface area contributed by atoms with Gasteiger partial charge < -0.3 is 19.7 Å². The molecule has 6 heteroatoms. The van der Waals surface area contributed by atoms with Gasteiger partial charge in [-0.1, -0.05) is 0 Å². The van der Waals surface area contributed by atoms with Gasteiger partial charge in [0.05, 0.1) is 0 Å². The Morgan fingerprint density at radius 1 is 1.37 bits per heavy atom. The van der Waals surface area contributed by atoms with Crippen LogP contribution in [0.3, 0.4) is 0 Å². The number of anilines is 1. The third-order valence-corrected chi connectivity index (χ3v) is 3.83. The summed E-state index contributed by atoms with van der Waals surface area (Å²) in [5.41, 5.74) is 1.17. The first kappa shape index (κ1) is 14.7. The molecule has 0 aliphatic carbocycles. The number of rotatable bonds is 5. The number of halogens is 1. The molecule has 19 heavy (non-hydrogen) atoms. The van der Waals surface area contributed by atoms with E-state index in [1.165, 1.54) is 5.56 Å². The van der Waals surface area contributed by atoms with Gasteiger partial charge in [0.2, 0.25) is 0 Å². The Morgan fingerprint density at radius 2 is 2.00 bits per heavy atom. The normalized spacial score (nSPS) is 23.1. The Balaban J connectivity index is 2.22. The predicted octanol–water partition coefficient (Wildman–Crippen LogP) is 1.41. The van der Waals surface area contributed by atoms with Crippen molar-refractivity contribution in [3.05, 3.63) is 22.3 Å². The zero-order valence-corrected chi connectivity index (χ0v) is 13.1. The second-order valence-corrected chi connectivity index (χ2v) is 5.54. The molecular weight excluding hydrogens is 310 g/mol. The zero-order chi connectivity index (χ0) is 13.8. The SMILES string of the molecule is CNCc1cc(Br)cnc1N1CC(OC)C(OC)C1. The molecule has 1 aliphatic heterocycles. The lowest BCUT2D eigenvalue weighted by Crippen LogP contribution is -2.27. The van der Waals surface area contributed by atoms with Crippen molar-refractivity contribution in [2.24, 2.45) is 0 Å². The number of hydrogen-bond acceptors (Lipinski definition) is 5. The van der Waals surface area contributed by atoms with Crippen LogP contribution in [0.4, 0.5) is 5.82 Å². The molecule has 1 fully saturated rings. The van der Waals surface area contributed by atoms with E-state index in [1.807, 2.05) is 13.2 Å². The highest BCUT2D eigenvalue weighted by Gasteiger charge is 2.34. The summed E-state index contributed by atoms with van der Waals surface area (Å²) in [5.74, 6) is 0.999. The smallest absolute Gasteiger partial charge is 0.133 e. The molecule has 0 bridgehead atoms. The standard InChI is InChI=1S/C13H20BrN3O2/c1-15-5-9-4-10(14)6-16-13(9)17-7-11(18-2)12(8-17)19-3/h4,6,11-12,15H,5,7-8H2,1-3H3. The van der Waals surface area contributed by atoms with Crippen LogP contribution in [0.1, 0.15) is 5.56 Å². The number of aromatic nitrogens is 1. The molecule has 2 atom stereocenters. The molecule has 0 spiro atoms. The first-order valence-corrected chi connectivity index (χ1v) is 7.08. The number of pyridine rings is 1. The van der Waals surface area contributed by atoms with E-state index in [0.29, 0.717) is 0 Å². The Bertz CT molecular complexity index is 418. The molecule has 2 rings (SSSR count). The van der Waals surface area contributed by atoms with Crippen molar-refractivity contribution in [2.75, 3.05) is 39.3 Å². The van der Waals surface area contributed by atoms with Crippen molar-refractivity contribution < 1.29 is 9.47 Å². The molecule has 0 saturated carbocycles. The Labute approximate surface area is 122 Å². The van der Waals surface area contributed by atoms with Crippen molar-refractivity contribution in [1.29, 1.82) is 0 Å². The quantitative estimate of drug-likeness (QED) is 0.885. The topological polar surface area (TPSA) is 46.6 Å². The van der Waals surface area contributed by atoms with Gasteiger partial charge in [0.15, 0.2) is 0 Å². The summed E-state index contributed by atoms with van der Waals surface area (Å²) in [6, 6.07) is 2.10. The van der Waals surface area contributed by atoms with Crippen LogP contribution in [0, 0.1) is 0 Å². The first-order valence-electron chi connectivity index (χ1n) is 6.29. The van der Waals surface area contributed by atoms with Gasteiger partial charge in [0.1, 0.15) is 18.0 Å². The molecule has 1 aromatic heterocycles. The monoisotopic (exact) mass is 329 g/mol. The summed E-state index contributed by atoms with van der Waals surface area (Å²) >= 11 is 3.47. The van der Waals surface area contributed by atoms with Crippen molar-refractivity contribution in [3.63, 3.8) is 0 Å². The highest BCUT2D eigenvalue weighted by Crippen LogP contribution is 2.26. The highest BCUT2D eigenvalue weighted by molar-refractivity contribution is 9.10. The van der Waals surface area contributed by atoms with Crippen LogP contribution < -0.4 is 10.2 Å². The Kier molecular flexibility index (Phi) is 5.15. The van der Waals surface area contributed by atoms with Crippen molar-refractivity contribution in [1.82, 2.24) is 10.3 Å². The van der Waals surface area contributed by atoms with Crippen LogP contribution in [0.2, 0.25) is 0 Å². The lowest BCUT2D eigenvalue weighted by Gasteiger charge is -2.20. The molecule has 0 amide bonds. The van der Waals surface area contributed by atoms with E-state index < -0.39 is 0 Å². The second kappa shape index (κ2) is 6.65. The van der Waals surface area contributed by atoms with Crippen LogP contribution in [0.15, 0.2) is 16.7 Å². The molecule has 1 aromatic rings. The Morgan fingerprint density at radius 3 is 2.53 bits per heavy atom. The van der Waals surface area contributed by atoms with Gasteiger partial charge in [-0.3, -0.25) is 0 Å². The van der Waals surface area contributed by atoms with Gasteiger partial charge in [0.25, 0.3) is 0 Å². The summed E-state index contributed by atoms with van der Waals surface area (Å²) in [4.78, 5) is 6.77. The van der Waals surface area contributed by atoms with Crippen LogP contribution in [-0.2, 0) is 16.0 Å². The van der Waals surface area contributed by atoms with Crippen LogP contribution in [0.25, 0.3) is 0 Å². The van der Waals surface area contributed by atoms with Crippen molar-refractivity contribution >= 4 is 21.7 Å². The molecule has 1 N–H and O–H groups in total. The fraction of sp³-hybridized carbons (Fsp3) is 0.615. The van der Waals surface area contributed by atoms with E-state index in [1.54, 1.807) is 14.2 Å². The first-order chi connectivity index (χ1) is 9.19. The van der Waals surface area contributed by atoms with Gasteiger partial charge in [-0.15, -0.1) is 0 Å². The third-order valence-electron chi connectivity index (χ3n) is 3.40. The van der Waals surface area contributed by atoms with E-state index in [0.717, 1.165) is 29.9 Å². The number of nitrogens with one attached hydrogen (secondary N) is 1. The lowest BCUT2D eigenvalue weighted by atomic mass is 10.2. The Hall–Kier alpha value is -0.690. The van der Waals surface area contributed by atoms with Gasteiger partial charge in [0, 0.05) is 50.1 Å². The average Bonchev–Trinajstić information content (AvgIpc) is 2.82. The molecule has 1 aliphatic rings. The number of nitrogens with zero attached hydrogens (tertiary/aromatic N) is 2. The molecule has 1 saturated heterocycles. The van der Waals surface area contributed by atoms with E-state index >= 15 is 0 Å². The van der Waals surface area contributed by atoms with Gasteiger partial charge in [-0.2, -0.15) is 0 Å². The van der Waals surface area contributed by atoms with Crippen molar-refractivity contribution in [3.8, 4) is 0 Å². The van der Waals surface area contributed by atoms with Gasteiger partial charge in [-0.05, 0) is 29.0 Å². The second-order valence-electron chi connectivity index (χ2n) is 4.62. The van der Waals surface area contributed by atoms with Gasteiger partial charge in [-0.25, -0.2) is 4.98 Å². The minimum absolute atomic E-state index is 0.0953. The summed E-state index contributed by atoms with van der Waals surface area (Å²) in [7, 11) is 5.39. The molecule has 0 radical (unpaired) electrons. The van der Waals surface area contributed by atoms with Crippen molar-refractivity contribution in [2.45, 2.75) is 18.8 Å². The molecular formula is C13H20BrN3O2. The zero-order valence-electron chi connectivity index (χ0n) is 11.5. The maximum Gasteiger partial charge on any atom is 0.133 e. The summed E-state index contributed by atoms with van der Waals surface area (Å²) in [5, 5.41) is 3.18. The van der Waals surface area contributed by atoms with Crippen LogP contribution >= 0.6 is 15.9 Å². The van der Waals surface area contributed by atoms with E-state index in [4.69, 9.17) is 9.47 Å².